The lowest BCUT2D eigenvalue weighted by Gasteiger charge is -2.45. The summed E-state index contributed by atoms with van der Waals surface area (Å²) < 4.78 is 5.31. The van der Waals surface area contributed by atoms with E-state index in [1.165, 1.54) is 19.4 Å². The number of methoxy groups -OCH3 is 1. The van der Waals surface area contributed by atoms with Crippen LogP contribution in [-0.2, 0) is 9.53 Å². The van der Waals surface area contributed by atoms with Crippen molar-refractivity contribution in [3.05, 3.63) is 0 Å². The van der Waals surface area contributed by atoms with Gasteiger partial charge in [-0.05, 0) is 44.6 Å². The number of carbonyl (C=O) groups is 1. The van der Waals surface area contributed by atoms with Crippen LogP contribution < -0.4 is 0 Å². The molecule has 1 aliphatic heterocycles. The molecule has 0 aromatic heterocycles. The highest BCUT2D eigenvalue weighted by atomic mass is 16.5. The Hall–Kier alpha value is -0.610. The van der Waals surface area contributed by atoms with Crippen LogP contribution in [0.25, 0.3) is 0 Å². The number of rotatable bonds is 5. The van der Waals surface area contributed by atoms with Gasteiger partial charge in [0.25, 0.3) is 0 Å². The zero-order valence-corrected chi connectivity index (χ0v) is 10.6. The minimum absolute atomic E-state index is 0.323. The highest BCUT2D eigenvalue weighted by Gasteiger charge is 2.35. The van der Waals surface area contributed by atoms with Gasteiger partial charge < -0.3 is 9.84 Å². The molecule has 4 nitrogen and oxygen atoms in total. The number of aliphatic carboxylic acids is 1. The zero-order chi connectivity index (χ0) is 12.3. The summed E-state index contributed by atoms with van der Waals surface area (Å²) in [6.45, 7) is 2.28. The normalized spacial score (nSPS) is 34.3. The van der Waals surface area contributed by atoms with Crippen molar-refractivity contribution in [3.63, 3.8) is 0 Å². The Labute approximate surface area is 103 Å². The van der Waals surface area contributed by atoms with Crippen LogP contribution in [0, 0.1) is 5.92 Å². The van der Waals surface area contributed by atoms with E-state index in [1.54, 1.807) is 7.11 Å². The summed E-state index contributed by atoms with van der Waals surface area (Å²) in [6, 6.07) is 0.688. The number of ether oxygens (including phenoxy) is 1. The number of hydrogen-bond donors (Lipinski definition) is 1. The standard InChI is InChI=1S/C13H23NO3/c1-17-12-7-11(8-12)14-6-2-3-10(9-14)4-5-13(15)16/h10-12H,2-9H2,1H3,(H,15,16). The molecule has 0 spiro atoms. The molecule has 1 heterocycles. The second kappa shape index (κ2) is 5.83. The summed E-state index contributed by atoms with van der Waals surface area (Å²) in [7, 11) is 1.78. The van der Waals surface area contributed by atoms with E-state index in [2.05, 4.69) is 4.90 Å². The lowest BCUT2D eigenvalue weighted by Crippen LogP contribution is -2.51. The molecule has 0 radical (unpaired) electrons. The van der Waals surface area contributed by atoms with Crippen LogP contribution in [0.5, 0.6) is 0 Å². The molecule has 1 saturated heterocycles. The van der Waals surface area contributed by atoms with Gasteiger partial charge in [0.05, 0.1) is 6.10 Å². The van der Waals surface area contributed by atoms with Gasteiger partial charge in [0, 0.05) is 26.1 Å². The van der Waals surface area contributed by atoms with Gasteiger partial charge in [-0.25, -0.2) is 0 Å². The molecule has 1 N–H and O–H groups in total. The minimum Gasteiger partial charge on any atom is -0.481 e. The molecule has 2 fully saturated rings. The molecule has 2 rings (SSSR count). The van der Waals surface area contributed by atoms with Gasteiger partial charge in [-0.1, -0.05) is 0 Å². The van der Waals surface area contributed by atoms with Crippen LogP contribution in [0.1, 0.15) is 38.5 Å². The van der Waals surface area contributed by atoms with Gasteiger partial charge in [-0.15, -0.1) is 0 Å². The van der Waals surface area contributed by atoms with Crippen LogP contribution in [0.3, 0.4) is 0 Å². The van der Waals surface area contributed by atoms with Gasteiger partial charge >= 0.3 is 5.97 Å². The van der Waals surface area contributed by atoms with Crippen molar-refractivity contribution in [1.82, 2.24) is 4.90 Å². The molecule has 1 saturated carbocycles. The van der Waals surface area contributed by atoms with Crippen LogP contribution in [0.2, 0.25) is 0 Å². The van der Waals surface area contributed by atoms with Crippen molar-refractivity contribution in [2.45, 2.75) is 50.7 Å². The van der Waals surface area contributed by atoms with Crippen molar-refractivity contribution in [1.29, 1.82) is 0 Å². The smallest absolute Gasteiger partial charge is 0.303 e. The number of carboxylic acids is 1. The number of nitrogens with zero attached hydrogens (tertiary/aromatic N) is 1. The molecule has 17 heavy (non-hydrogen) atoms. The highest BCUT2D eigenvalue weighted by molar-refractivity contribution is 5.66. The van der Waals surface area contributed by atoms with Crippen LogP contribution >= 0.6 is 0 Å². The molecule has 0 aromatic carbocycles. The number of piperidine rings is 1. The summed E-state index contributed by atoms with van der Waals surface area (Å²) in [5.74, 6) is -0.0772. The summed E-state index contributed by atoms with van der Waals surface area (Å²) in [5.41, 5.74) is 0. The average molecular weight is 241 g/mol. The second-order valence-electron chi connectivity index (χ2n) is 5.42. The fourth-order valence-electron chi connectivity index (χ4n) is 3.02. The highest BCUT2D eigenvalue weighted by Crippen LogP contribution is 2.32. The predicted molar refractivity (Wildman–Crippen MR) is 65.0 cm³/mol. The summed E-state index contributed by atoms with van der Waals surface area (Å²) in [6.07, 6.45) is 6.35. The Morgan fingerprint density at radius 2 is 2.24 bits per heavy atom. The van der Waals surface area contributed by atoms with E-state index in [0.717, 1.165) is 25.8 Å². The lowest BCUT2D eigenvalue weighted by atomic mass is 9.84. The second-order valence-corrected chi connectivity index (χ2v) is 5.42. The maximum absolute atomic E-state index is 10.6. The molecule has 1 unspecified atom stereocenters. The van der Waals surface area contributed by atoms with E-state index in [9.17, 15) is 4.79 Å². The van der Waals surface area contributed by atoms with E-state index < -0.39 is 5.97 Å². The minimum atomic E-state index is -0.662. The van der Waals surface area contributed by atoms with Crippen molar-refractivity contribution in [2.75, 3.05) is 20.2 Å². The molecule has 0 amide bonds. The van der Waals surface area contributed by atoms with Crippen LogP contribution in [-0.4, -0.2) is 48.3 Å². The quantitative estimate of drug-likeness (QED) is 0.796. The van der Waals surface area contributed by atoms with Crippen molar-refractivity contribution < 1.29 is 14.6 Å². The van der Waals surface area contributed by atoms with Crippen molar-refractivity contribution in [2.24, 2.45) is 5.92 Å². The van der Waals surface area contributed by atoms with Crippen molar-refractivity contribution >= 4 is 5.97 Å². The fraction of sp³-hybridized carbons (Fsp3) is 0.923. The molecule has 1 atom stereocenters. The first-order valence-electron chi connectivity index (χ1n) is 6.67. The Balaban J connectivity index is 1.72. The molecule has 0 bridgehead atoms. The molecule has 4 heteroatoms. The Morgan fingerprint density at radius 1 is 1.47 bits per heavy atom. The Bertz CT molecular complexity index is 263. The first kappa shape index (κ1) is 12.8. The summed E-state index contributed by atoms with van der Waals surface area (Å²) in [5, 5.41) is 8.71. The monoisotopic (exact) mass is 241 g/mol. The number of carboxylic acid groups (broad SMARTS) is 1. The van der Waals surface area contributed by atoms with Gasteiger partial charge in [-0.3, -0.25) is 9.69 Å². The van der Waals surface area contributed by atoms with Crippen LogP contribution in [0.15, 0.2) is 0 Å². The van der Waals surface area contributed by atoms with Crippen molar-refractivity contribution in [3.8, 4) is 0 Å². The zero-order valence-electron chi connectivity index (χ0n) is 10.6. The maximum atomic E-state index is 10.6. The van der Waals surface area contributed by atoms with Gasteiger partial charge in [0.1, 0.15) is 0 Å². The van der Waals surface area contributed by atoms with E-state index in [-0.39, 0.29) is 0 Å². The molecule has 98 valence electrons. The van der Waals surface area contributed by atoms with Gasteiger partial charge in [-0.2, -0.15) is 0 Å². The molecular formula is C13H23NO3. The fourth-order valence-corrected chi connectivity index (χ4v) is 3.02. The van der Waals surface area contributed by atoms with E-state index in [4.69, 9.17) is 9.84 Å². The number of hydrogen-bond acceptors (Lipinski definition) is 3. The third-order valence-corrected chi connectivity index (χ3v) is 4.24. The topological polar surface area (TPSA) is 49.8 Å². The van der Waals surface area contributed by atoms with Gasteiger partial charge in [0.2, 0.25) is 0 Å². The lowest BCUT2D eigenvalue weighted by molar-refractivity contribution is -0.137. The van der Waals surface area contributed by atoms with E-state index >= 15 is 0 Å². The summed E-state index contributed by atoms with van der Waals surface area (Å²) >= 11 is 0. The molecule has 0 aromatic rings. The largest absolute Gasteiger partial charge is 0.481 e. The number of likely N-dealkylation sites (tertiary alicyclic amines) is 1. The molecule has 1 aliphatic carbocycles. The maximum Gasteiger partial charge on any atom is 0.303 e. The SMILES string of the molecule is COC1CC(N2CCCC(CCC(=O)O)C2)C1. The van der Waals surface area contributed by atoms with Gasteiger partial charge in [0.15, 0.2) is 0 Å². The first-order valence-corrected chi connectivity index (χ1v) is 6.67. The molecule has 2 aliphatic rings. The Kier molecular flexibility index (Phi) is 4.40. The first-order chi connectivity index (χ1) is 8.19. The molecular weight excluding hydrogens is 218 g/mol. The third-order valence-electron chi connectivity index (χ3n) is 4.24. The predicted octanol–water partition coefficient (Wildman–Crippen LogP) is 1.74. The third kappa shape index (κ3) is 3.42. The Morgan fingerprint density at radius 3 is 2.88 bits per heavy atom. The summed E-state index contributed by atoms with van der Waals surface area (Å²) in [4.78, 5) is 13.1. The average Bonchev–Trinajstić information content (AvgIpc) is 2.26. The van der Waals surface area contributed by atoms with E-state index in [1.807, 2.05) is 0 Å². The van der Waals surface area contributed by atoms with E-state index in [0.29, 0.717) is 24.5 Å². The van der Waals surface area contributed by atoms with Crippen LogP contribution in [0.4, 0.5) is 0 Å².